The topological polar surface area (TPSA) is 13.1 Å². The highest BCUT2D eigenvalue weighted by atomic mass is 15.2. The van der Waals surface area contributed by atoms with Crippen molar-refractivity contribution in [1.29, 1.82) is 0 Å². The van der Waals surface area contributed by atoms with Gasteiger partial charge < -0.3 is 14.0 Å². The molecule has 0 saturated carbocycles. The van der Waals surface area contributed by atoms with Gasteiger partial charge in [-0.15, -0.1) is 0 Å². The zero-order valence-electron chi connectivity index (χ0n) is 36.2. The first-order chi connectivity index (χ1) is 29.1. The van der Waals surface area contributed by atoms with Crippen molar-refractivity contribution in [3.63, 3.8) is 0 Å². The van der Waals surface area contributed by atoms with E-state index in [4.69, 9.17) is 6.85 Å². The van der Waals surface area contributed by atoms with E-state index in [1.165, 1.54) is 5.56 Å². The Bertz CT molecular complexity index is 3360. The van der Waals surface area contributed by atoms with Gasteiger partial charge in [-0.1, -0.05) is 145 Å². The molecule has 0 radical (unpaired) electrons. The molecule has 1 aliphatic heterocycles. The number of rotatable bonds is 4. The van der Waals surface area contributed by atoms with E-state index in [9.17, 15) is 5.48 Å². The molecule has 3 heteroatoms. The Hall–Kier alpha value is -6.58. The lowest BCUT2D eigenvalue weighted by molar-refractivity contribution is 0.745. The molecule has 0 amide bonds. The summed E-state index contributed by atoms with van der Waals surface area (Å²) in [6.45, 7) is 0. The van der Waals surface area contributed by atoms with Crippen LogP contribution in [0, 0.1) is 0 Å². The molecule has 0 bridgehead atoms. The number of nitrogens with zero attached hydrogens (tertiary/aromatic N) is 3. The van der Waals surface area contributed by atoms with E-state index in [1.807, 2.05) is 54.6 Å². The summed E-state index contributed by atoms with van der Waals surface area (Å²) < 4.78 is 83.8. The van der Waals surface area contributed by atoms with Crippen molar-refractivity contribution < 1.29 is 12.3 Å². The standard InChI is InChI=1S/C48H33N3/c1-2-14-32(15-3-1)33-28-30-34(31-29-33)49-41-22-8-6-18-37(41)39-20-13-27-46(47(39)49)51-44-25-11-7-19-38(44)40-21-12-26-45(48(40)51)50-42-23-9-4-16-35(42)36-17-5-10-24-43(36)50/h1-31,35,42H/i1D,2D,3D,14D,15D,28D,29D,30D,31D. The Balaban J connectivity index is 1.26. The van der Waals surface area contributed by atoms with E-state index >= 15 is 0 Å². The largest absolute Gasteiger partial charge is 0.332 e. The fraction of sp³-hybridized carbons (Fsp3) is 0.0417. The molecule has 9 aromatic rings. The molecule has 51 heavy (non-hydrogen) atoms. The minimum Gasteiger partial charge on any atom is -0.332 e. The van der Waals surface area contributed by atoms with Gasteiger partial charge in [0.05, 0.1) is 51.8 Å². The van der Waals surface area contributed by atoms with Crippen molar-refractivity contribution >= 4 is 55.0 Å². The fourth-order valence-electron chi connectivity index (χ4n) is 8.35. The zero-order chi connectivity index (χ0) is 41.3. The average molecular weight is 661 g/mol. The first-order valence-corrected chi connectivity index (χ1v) is 17.1. The maximum absolute atomic E-state index is 9.56. The molecule has 11 rings (SSSR count). The van der Waals surface area contributed by atoms with Crippen LogP contribution in [0.25, 0.3) is 66.1 Å². The van der Waals surface area contributed by atoms with E-state index in [0.29, 0.717) is 11.0 Å². The second-order valence-corrected chi connectivity index (χ2v) is 13.0. The summed E-state index contributed by atoms with van der Waals surface area (Å²) in [4.78, 5) is 2.42. The fourth-order valence-corrected chi connectivity index (χ4v) is 8.35. The molecule has 7 aromatic carbocycles. The minimum atomic E-state index is -0.617. The number of para-hydroxylation sites is 5. The van der Waals surface area contributed by atoms with E-state index < -0.39 is 54.4 Å². The molecule has 0 saturated heterocycles. The smallest absolute Gasteiger partial charge is 0.0782 e. The molecule has 2 atom stereocenters. The summed E-state index contributed by atoms with van der Waals surface area (Å²) in [6, 6.07) is 32.1. The summed E-state index contributed by atoms with van der Waals surface area (Å²) in [5, 5.41) is 3.78. The van der Waals surface area contributed by atoms with Crippen LogP contribution < -0.4 is 4.90 Å². The van der Waals surface area contributed by atoms with Gasteiger partial charge in [0, 0.05) is 38.8 Å². The number of aromatic nitrogens is 2. The maximum Gasteiger partial charge on any atom is 0.0782 e. The number of hydrogen-bond donors (Lipinski definition) is 0. The number of allylic oxidation sites excluding steroid dienone is 2. The van der Waals surface area contributed by atoms with Gasteiger partial charge in [-0.05, 0) is 59.1 Å². The third-order valence-corrected chi connectivity index (χ3v) is 10.4. The highest BCUT2D eigenvalue weighted by molar-refractivity contribution is 6.17. The van der Waals surface area contributed by atoms with Crippen LogP contribution in [0.2, 0.25) is 0 Å². The van der Waals surface area contributed by atoms with Gasteiger partial charge >= 0.3 is 0 Å². The quantitative estimate of drug-likeness (QED) is 0.183. The molecule has 2 unspecified atom stereocenters. The van der Waals surface area contributed by atoms with Crippen LogP contribution in [0.3, 0.4) is 0 Å². The lowest BCUT2D eigenvalue weighted by atomic mass is 9.91. The van der Waals surface area contributed by atoms with Crippen LogP contribution in [-0.2, 0) is 0 Å². The molecule has 240 valence electrons. The zero-order valence-corrected chi connectivity index (χ0v) is 27.2. The second-order valence-electron chi connectivity index (χ2n) is 13.0. The predicted octanol–water partition coefficient (Wildman–Crippen LogP) is 12.3. The summed E-state index contributed by atoms with van der Waals surface area (Å²) in [7, 11) is 0. The third-order valence-electron chi connectivity index (χ3n) is 10.4. The number of benzene rings is 7. The molecule has 3 heterocycles. The van der Waals surface area contributed by atoms with E-state index in [-0.39, 0.29) is 28.8 Å². The Kier molecular flexibility index (Phi) is 4.48. The van der Waals surface area contributed by atoms with Gasteiger partial charge in [0.15, 0.2) is 0 Å². The third kappa shape index (κ3) is 4.06. The molecule has 3 nitrogen and oxygen atoms in total. The molecular weight excluding hydrogens is 619 g/mol. The van der Waals surface area contributed by atoms with Gasteiger partial charge in [0.25, 0.3) is 0 Å². The number of anilines is 2. The Labute approximate surface area is 308 Å². The first-order valence-electron chi connectivity index (χ1n) is 21.6. The summed E-state index contributed by atoms with van der Waals surface area (Å²) in [6.07, 6.45) is 8.74. The summed E-state index contributed by atoms with van der Waals surface area (Å²) in [5.74, 6) is 0.167. The van der Waals surface area contributed by atoms with Crippen LogP contribution in [0.5, 0.6) is 0 Å². The van der Waals surface area contributed by atoms with Gasteiger partial charge in [-0.25, -0.2) is 0 Å². The second kappa shape index (κ2) is 11.0. The van der Waals surface area contributed by atoms with Gasteiger partial charge in [0.2, 0.25) is 0 Å². The molecule has 2 aliphatic rings. The van der Waals surface area contributed by atoms with Gasteiger partial charge in [-0.2, -0.15) is 0 Å². The van der Waals surface area contributed by atoms with E-state index in [0.717, 1.165) is 49.6 Å². The molecular formula is C48H33N3. The highest BCUT2D eigenvalue weighted by Gasteiger charge is 2.38. The predicted molar refractivity (Wildman–Crippen MR) is 214 cm³/mol. The minimum absolute atomic E-state index is 0.0174. The Morgan fingerprint density at radius 3 is 1.78 bits per heavy atom. The monoisotopic (exact) mass is 660 g/mol. The molecule has 1 aliphatic carbocycles. The average Bonchev–Trinajstić information content (AvgIpc) is 3.92. The SMILES string of the molecule is [2H]c1c([2H])c([2H])c(-c2c([2H])c([2H])c(-n3c4ccccc4c4cccc(-n5c6ccccc6c6cccc(N7c8ccccc8C8C=CC=CC87)c65)c43)c([2H])c2[2H])c([2H])c1[2H]. The van der Waals surface area contributed by atoms with Gasteiger partial charge in [-0.3, -0.25) is 0 Å². The summed E-state index contributed by atoms with van der Waals surface area (Å²) >= 11 is 0. The van der Waals surface area contributed by atoms with Crippen LogP contribution in [0.4, 0.5) is 11.4 Å². The lowest BCUT2D eigenvalue weighted by Gasteiger charge is -2.30. The molecule has 0 spiro atoms. The van der Waals surface area contributed by atoms with Crippen molar-refractivity contribution in [3.05, 3.63) is 193 Å². The highest BCUT2D eigenvalue weighted by Crippen LogP contribution is 2.51. The van der Waals surface area contributed by atoms with E-state index in [1.54, 1.807) is 4.57 Å². The normalized spacial score (nSPS) is 18.9. The van der Waals surface area contributed by atoms with Crippen LogP contribution >= 0.6 is 0 Å². The van der Waals surface area contributed by atoms with Crippen molar-refractivity contribution in [2.24, 2.45) is 0 Å². The van der Waals surface area contributed by atoms with Crippen molar-refractivity contribution in [1.82, 2.24) is 9.13 Å². The summed E-state index contributed by atoms with van der Waals surface area (Å²) in [5.41, 5.74) is 6.64. The molecule has 0 N–H and O–H groups in total. The van der Waals surface area contributed by atoms with Crippen molar-refractivity contribution in [3.8, 4) is 22.5 Å². The molecule has 0 fully saturated rings. The Morgan fingerprint density at radius 1 is 0.451 bits per heavy atom. The molecule has 2 aromatic heterocycles. The van der Waals surface area contributed by atoms with Gasteiger partial charge in [0.1, 0.15) is 0 Å². The number of hydrogen-bond acceptors (Lipinski definition) is 1. The van der Waals surface area contributed by atoms with Crippen molar-refractivity contribution in [2.75, 3.05) is 4.90 Å². The first kappa shape index (κ1) is 20.8. The Morgan fingerprint density at radius 2 is 1.02 bits per heavy atom. The lowest BCUT2D eigenvalue weighted by Crippen LogP contribution is -2.28. The van der Waals surface area contributed by atoms with Crippen LogP contribution in [0.1, 0.15) is 23.8 Å². The van der Waals surface area contributed by atoms with Crippen LogP contribution in [0.15, 0.2) is 188 Å². The van der Waals surface area contributed by atoms with Crippen LogP contribution in [-0.4, -0.2) is 15.2 Å². The van der Waals surface area contributed by atoms with Crippen molar-refractivity contribution in [2.45, 2.75) is 12.0 Å². The number of fused-ring (bicyclic) bond motifs is 9. The maximum atomic E-state index is 9.56. The van der Waals surface area contributed by atoms with E-state index in [2.05, 4.69) is 88.4 Å².